The highest BCUT2D eigenvalue weighted by atomic mass is 35.5. The molecule has 7 heteroatoms. The maximum Gasteiger partial charge on any atom is 0.321 e. The number of hydrogen-bond donors (Lipinski definition) is 2. The molecule has 1 aliphatic rings. The summed E-state index contributed by atoms with van der Waals surface area (Å²) in [4.78, 5) is 14.1. The molecular formula is C19H21ClN2O4. The van der Waals surface area contributed by atoms with Gasteiger partial charge in [-0.25, -0.2) is 4.79 Å². The van der Waals surface area contributed by atoms with E-state index in [4.69, 9.17) is 21.1 Å². The number of nitrogens with one attached hydrogen (secondary N) is 1. The van der Waals surface area contributed by atoms with Gasteiger partial charge in [0.15, 0.2) is 0 Å². The van der Waals surface area contributed by atoms with Crippen LogP contribution in [0, 0.1) is 5.92 Å². The van der Waals surface area contributed by atoms with Crippen molar-refractivity contribution < 1.29 is 19.4 Å². The zero-order valence-corrected chi connectivity index (χ0v) is 15.0. The topological polar surface area (TPSA) is 71.0 Å². The summed E-state index contributed by atoms with van der Waals surface area (Å²) in [5.74, 6) is 1.12. The second-order valence-electron chi connectivity index (χ2n) is 6.06. The molecule has 2 N–H and O–H groups in total. The maximum atomic E-state index is 12.5. The molecule has 0 bridgehead atoms. The van der Waals surface area contributed by atoms with Crippen molar-refractivity contribution in [3.8, 4) is 11.5 Å². The zero-order valence-electron chi connectivity index (χ0n) is 14.2. The third kappa shape index (κ3) is 4.88. The normalized spacial score (nSPS) is 17.5. The van der Waals surface area contributed by atoms with E-state index in [0.717, 1.165) is 0 Å². The predicted octanol–water partition coefficient (Wildman–Crippen LogP) is 3.60. The molecule has 3 rings (SSSR count). The number of hydrogen-bond acceptors (Lipinski definition) is 4. The van der Waals surface area contributed by atoms with Gasteiger partial charge >= 0.3 is 6.03 Å². The van der Waals surface area contributed by atoms with E-state index in [9.17, 15) is 9.90 Å². The van der Waals surface area contributed by atoms with Gasteiger partial charge in [0.25, 0.3) is 0 Å². The van der Waals surface area contributed by atoms with Crippen molar-refractivity contribution in [2.45, 2.75) is 0 Å². The predicted molar refractivity (Wildman–Crippen MR) is 100.0 cm³/mol. The van der Waals surface area contributed by atoms with E-state index in [2.05, 4.69) is 5.32 Å². The first-order valence-corrected chi connectivity index (χ1v) is 8.80. The van der Waals surface area contributed by atoms with Crippen molar-refractivity contribution in [2.24, 2.45) is 5.92 Å². The van der Waals surface area contributed by atoms with E-state index in [1.165, 1.54) is 0 Å². The Morgan fingerprint density at radius 3 is 2.85 bits per heavy atom. The Hall–Kier alpha value is -2.28. The number of nitrogens with zero attached hydrogens (tertiary/aromatic N) is 1. The molecule has 138 valence electrons. The molecule has 6 nitrogen and oxygen atoms in total. The lowest BCUT2D eigenvalue weighted by molar-refractivity contribution is 0.0958. The Morgan fingerprint density at radius 1 is 1.31 bits per heavy atom. The molecule has 26 heavy (non-hydrogen) atoms. The van der Waals surface area contributed by atoms with Gasteiger partial charge in [0.05, 0.1) is 18.2 Å². The first-order chi connectivity index (χ1) is 12.7. The van der Waals surface area contributed by atoms with Gasteiger partial charge < -0.3 is 24.8 Å². The lowest BCUT2D eigenvalue weighted by atomic mass is 10.2. The second-order valence-corrected chi connectivity index (χ2v) is 6.47. The Balaban J connectivity index is 1.64. The summed E-state index contributed by atoms with van der Waals surface area (Å²) >= 11 is 6.28. The molecule has 0 aliphatic carbocycles. The number of amides is 2. The van der Waals surface area contributed by atoms with Crippen molar-refractivity contribution in [3.05, 3.63) is 53.6 Å². The van der Waals surface area contributed by atoms with Gasteiger partial charge in [0.2, 0.25) is 0 Å². The molecule has 0 saturated carbocycles. The summed E-state index contributed by atoms with van der Waals surface area (Å²) in [6, 6.07) is 14.2. The van der Waals surface area contributed by atoms with Crippen molar-refractivity contribution in [1.29, 1.82) is 0 Å². The number of carbonyl (C=O) groups excluding carboxylic acids is 1. The van der Waals surface area contributed by atoms with Crippen LogP contribution in [0.3, 0.4) is 0 Å². The van der Waals surface area contributed by atoms with Gasteiger partial charge in [0.1, 0.15) is 11.5 Å². The summed E-state index contributed by atoms with van der Waals surface area (Å²) < 4.78 is 11.1. The average molecular weight is 377 g/mol. The fourth-order valence-corrected chi connectivity index (χ4v) is 2.87. The number of para-hydroxylation sites is 1. The van der Waals surface area contributed by atoms with Crippen molar-refractivity contribution in [3.63, 3.8) is 0 Å². The summed E-state index contributed by atoms with van der Waals surface area (Å²) in [5.41, 5.74) is 0.575. The largest absolute Gasteiger partial charge is 0.456 e. The molecule has 1 atom stereocenters. The highest BCUT2D eigenvalue weighted by Gasteiger charge is 2.22. The van der Waals surface area contributed by atoms with Crippen LogP contribution in [0.4, 0.5) is 10.5 Å². The molecule has 0 spiro atoms. The molecule has 1 aliphatic heterocycles. The molecule has 1 saturated heterocycles. The quantitative estimate of drug-likeness (QED) is 0.855. The minimum Gasteiger partial charge on any atom is -0.456 e. The van der Waals surface area contributed by atoms with Crippen molar-refractivity contribution >= 4 is 23.3 Å². The Labute approximate surface area is 157 Å². The van der Waals surface area contributed by atoms with Crippen LogP contribution in [0.2, 0.25) is 5.02 Å². The molecule has 0 aromatic heterocycles. The van der Waals surface area contributed by atoms with Gasteiger partial charge in [-0.2, -0.15) is 0 Å². The lowest BCUT2D eigenvalue weighted by Crippen LogP contribution is -2.39. The monoisotopic (exact) mass is 376 g/mol. The maximum absolute atomic E-state index is 12.5. The third-order valence-electron chi connectivity index (χ3n) is 4.04. The van der Waals surface area contributed by atoms with Crippen LogP contribution >= 0.6 is 11.6 Å². The number of aliphatic hydroxyl groups is 1. The Bertz CT molecular complexity index is 742. The smallest absolute Gasteiger partial charge is 0.321 e. The van der Waals surface area contributed by atoms with E-state index < -0.39 is 0 Å². The number of halogens is 1. The van der Waals surface area contributed by atoms with Gasteiger partial charge in [-0.15, -0.1) is 0 Å². The summed E-state index contributed by atoms with van der Waals surface area (Å²) in [5, 5.41) is 12.6. The molecule has 1 unspecified atom stereocenters. The van der Waals surface area contributed by atoms with Gasteiger partial charge in [-0.05, 0) is 30.3 Å². The van der Waals surface area contributed by atoms with Crippen LogP contribution in [-0.4, -0.2) is 48.9 Å². The SMILES string of the molecule is O=C(Nc1ccc(Oc2ccccc2)c(Cl)c1)N1CCOCC(CO)C1. The lowest BCUT2D eigenvalue weighted by Gasteiger charge is -2.23. The van der Waals surface area contributed by atoms with E-state index in [1.54, 1.807) is 23.1 Å². The van der Waals surface area contributed by atoms with Crippen LogP contribution < -0.4 is 10.1 Å². The van der Waals surface area contributed by atoms with Crippen molar-refractivity contribution in [1.82, 2.24) is 4.90 Å². The third-order valence-corrected chi connectivity index (χ3v) is 4.33. The molecule has 1 heterocycles. The minimum absolute atomic E-state index is 0.0128. The van der Waals surface area contributed by atoms with Gasteiger partial charge in [-0.1, -0.05) is 29.8 Å². The number of carbonyl (C=O) groups is 1. The van der Waals surface area contributed by atoms with Crippen LogP contribution in [0.15, 0.2) is 48.5 Å². The standard InChI is InChI=1S/C19H21ClN2O4/c20-17-10-15(6-7-18(17)26-16-4-2-1-3-5-16)21-19(24)22-8-9-25-13-14(11-22)12-23/h1-7,10,14,23H,8-9,11-13H2,(H,21,24). The fourth-order valence-electron chi connectivity index (χ4n) is 2.65. The second kappa shape index (κ2) is 8.89. The number of ether oxygens (including phenoxy) is 2. The Kier molecular flexibility index (Phi) is 6.33. The highest BCUT2D eigenvalue weighted by molar-refractivity contribution is 6.32. The molecule has 2 aromatic carbocycles. The summed E-state index contributed by atoms with van der Waals surface area (Å²) in [6.07, 6.45) is 0. The first-order valence-electron chi connectivity index (χ1n) is 8.42. The molecule has 2 aromatic rings. The first kappa shape index (κ1) is 18.5. The zero-order chi connectivity index (χ0) is 18.4. The van der Waals surface area contributed by atoms with E-state index in [1.807, 2.05) is 30.3 Å². The van der Waals surface area contributed by atoms with Crippen LogP contribution in [0.1, 0.15) is 0 Å². The molecular weight excluding hydrogens is 356 g/mol. The summed E-state index contributed by atoms with van der Waals surface area (Å²) in [7, 11) is 0. The van der Waals surface area contributed by atoms with E-state index in [-0.39, 0.29) is 18.6 Å². The number of rotatable bonds is 4. The highest BCUT2D eigenvalue weighted by Crippen LogP contribution is 2.31. The number of benzene rings is 2. The van der Waals surface area contributed by atoms with Gasteiger partial charge in [0, 0.05) is 31.3 Å². The Morgan fingerprint density at radius 2 is 2.12 bits per heavy atom. The number of aliphatic hydroxyl groups excluding tert-OH is 1. The molecule has 2 amide bonds. The van der Waals surface area contributed by atoms with Crippen LogP contribution in [0.5, 0.6) is 11.5 Å². The molecule has 1 fully saturated rings. The van der Waals surface area contributed by atoms with Gasteiger partial charge in [-0.3, -0.25) is 0 Å². The number of anilines is 1. The van der Waals surface area contributed by atoms with Crippen LogP contribution in [0.25, 0.3) is 0 Å². The summed E-state index contributed by atoms with van der Waals surface area (Å²) in [6.45, 7) is 1.82. The van der Waals surface area contributed by atoms with E-state index in [0.29, 0.717) is 48.5 Å². The van der Waals surface area contributed by atoms with Crippen molar-refractivity contribution in [2.75, 3.05) is 38.2 Å². The minimum atomic E-state index is -0.248. The van der Waals surface area contributed by atoms with Crippen LogP contribution in [-0.2, 0) is 4.74 Å². The average Bonchev–Trinajstić information content (AvgIpc) is 2.91. The number of urea groups is 1. The molecule has 0 radical (unpaired) electrons. The van der Waals surface area contributed by atoms with E-state index >= 15 is 0 Å². The fraction of sp³-hybridized carbons (Fsp3) is 0.316.